The highest BCUT2D eigenvalue weighted by atomic mass is 16.7. The first-order valence-corrected chi connectivity index (χ1v) is 12.3. The van der Waals surface area contributed by atoms with Gasteiger partial charge in [-0.05, 0) is 41.8 Å². The van der Waals surface area contributed by atoms with Gasteiger partial charge in [-0.1, -0.05) is 55.5 Å². The van der Waals surface area contributed by atoms with Crippen molar-refractivity contribution in [3.63, 3.8) is 0 Å². The maximum atomic E-state index is 13.0. The lowest BCUT2D eigenvalue weighted by molar-refractivity contribution is -0.111. The summed E-state index contributed by atoms with van der Waals surface area (Å²) in [5, 5.41) is 17.2. The molecule has 1 aliphatic heterocycles. The van der Waals surface area contributed by atoms with Crippen molar-refractivity contribution in [3.8, 4) is 17.2 Å². The van der Waals surface area contributed by atoms with Gasteiger partial charge in [0.1, 0.15) is 11.9 Å². The normalized spacial score (nSPS) is 13.7. The van der Waals surface area contributed by atoms with E-state index in [0.29, 0.717) is 39.5 Å². The number of para-hydroxylation sites is 2. The Labute approximate surface area is 224 Å². The van der Waals surface area contributed by atoms with Crippen molar-refractivity contribution in [2.45, 2.75) is 13.0 Å². The lowest BCUT2D eigenvalue weighted by Crippen LogP contribution is -2.22. The predicted octanol–water partition coefficient (Wildman–Crippen LogP) is 5.98. The summed E-state index contributed by atoms with van der Waals surface area (Å²) in [6, 6.07) is 22.6. The second-order valence-corrected chi connectivity index (χ2v) is 9.03. The number of hydrogen-bond acceptors (Lipinski definition) is 7. The monoisotopic (exact) mass is 525 g/mol. The molecule has 198 valence electrons. The van der Waals surface area contributed by atoms with Crippen LogP contribution >= 0.6 is 0 Å². The Bertz CT molecular complexity index is 1570. The molecule has 5 rings (SSSR count). The molecule has 0 saturated carbocycles. The van der Waals surface area contributed by atoms with Gasteiger partial charge < -0.3 is 30.4 Å². The van der Waals surface area contributed by atoms with Crippen LogP contribution in [0.15, 0.2) is 91.0 Å². The topological polar surface area (TPSA) is 132 Å². The number of ether oxygens (including phenoxy) is 3. The summed E-state index contributed by atoms with van der Waals surface area (Å²) >= 11 is 0. The molecular formula is C30H27N3O6. The third-order valence-electron chi connectivity index (χ3n) is 6.34. The molecule has 2 atom stereocenters. The van der Waals surface area contributed by atoms with Crippen LogP contribution in [0.25, 0.3) is 10.8 Å². The van der Waals surface area contributed by atoms with Crippen LogP contribution in [0.1, 0.15) is 18.6 Å². The van der Waals surface area contributed by atoms with Crippen LogP contribution in [0.4, 0.5) is 21.9 Å². The van der Waals surface area contributed by atoms with E-state index in [1.54, 1.807) is 66.7 Å². The van der Waals surface area contributed by atoms with Crippen LogP contribution in [0.3, 0.4) is 0 Å². The Morgan fingerprint density at radius 1 is 0.949 bits per heavy atom. The van der Waals surface area contributed by atoms with Crippen molar-refractivity contribution >= 4 is 39.8 Å². The number of nitrogens with two attached hydrogens (primary N) is 1. The van der Waals surface area contributed by atoms with E-state index in [9.17, 15) is 14.7 Å². The van der Waals surface area contributed by atoms with Crippen LogP contribution in [0.5, 0.6) is 17.2 Å². The van der Waals surface area contributed by atoms with Crippen molar-refractivity contribution in [1.82, 2.24) is 0 Å². The molecular weight excluding hydrogens is 498 g/mol. The van der Waals surface area contributed by atoms with E-state index in [4.69, 9.17) is 19.9 Å². The minimum atomic E-state index is -0.796. The van der Waals surface area contributed by atoms with Crippen LogP contribution < -0.4 is 25.8 Å². The molecule has 0 radical (unpaired) electrons. The Morgan fingerprint density at radius 2 is 1.69 bits per heavy atom. The van der Waals surface area contributed by atoms with Crippen LogP contribution in [-0.2, 0) is 9.53 Å². The molecule has 0 unspecified atom stereocenters. The van der Waals surface area contributed by atoms with E-state index in [-0.39, 0.29) is 18.4 Å². The largest absolute Gasteiger partial charge is 0.507 e. The average Bonchev–Trinajstić information content (AvgIpc) is 3.40. The van der Waals surface area contributed by atoms with Crippen molar-refractivity contribution < 1.29 is 28.9 Å². The number of fused-ring (bicyclic) bond motifs is 2. The van der Waals surface area contributed by atoms with Gasteiger partial charge in [-0.25, -0.2) is 4.79 Å². The second-order valence-electron chi connectivity index (χ2n) is 9.03. The van der Waals surface area contributed by atoms with E-state index in [1.165, 1.54) is 6.08 Å². The van der Waals surface area contributed by atoms with E-state index in [0.717, 1.165) is 5.39 Å². The first-order chi connectivity index (χ1) is 18.9. The number of hydrogen-bond donors (Lipinski definition) is 4. The molecule has 0 saturated heterocycles. The molecule has 0 bridgehead atoms. The third kappa shape index (κ3) is 5.72. The Hall–Kier alpha value is -5.18. The SMILES string of the molecule is C[C@@H](/C=C/C(=O)Nc1ccccc1N)[C@@H](OC(=O)Nc1ccc2c(c1)OCO2)c1ccc(O)c2ccccc12. The summed E-state index contributed by atoms with van der Waals surface area (Å²) in [6.07, 6.45) is 1.55. The fourth-order valence-corrected chi connectivity index (χ4v) is 4.37. The number of anilines is 3. The summed E-state index contributed by atoms with van der Waals surface area (Å²) < 4.78 is 16.6. The highest BCUT2D eigenvalue weighted by Crippen LogP contribution is 2.37. The van der Waals surface area contributed by atoms with Crippen molar-refractivity contribution in [2.24, 2.45) is 5.92 Å². The van der Waals surface area contributed by atoms with Gasteiger partial charge in [0.15, 0.2) is 11.5 Å². The Balaban J connectivity index is 1.40. The molecule has 0 spiro atoms. The fourth-order valence-electron chi connectivity index (χ4n) is 4.37. The third-order valence-corrected chi connectivity index (χ3v) is 6.34. The first kappa shape index (κ1) is 25.5. The molecule has 0 aliphatic carbocycles. The molecule has 4 aromatic carbocycles. The highest BCUT2D eigenvalue weighted by Gasteiger charge is 2.25. The van der Waals surface area contributed by atoms with E-state index >= 15 is 0 Å². The van der Waals surface area contributed by atoms with E-state index in [1.807, 2.05) is 25.1 Å². The average molecular weight is 526 g/mol. The lowest BCUT2D eigenvalue weighted by Gasteiger charge is -2.24. The van der Waals surface area contributed by atoms with Gasteiger partial charge in [0, 0.05) is 28.6 Å². The maximum Gasteiger partial charge on any atom is 0.412 e. The first-order valence-electron chi connectivity index (χ1n) is 12.3. The van der Waals surface area contributed by atoms with Crippen LogP contribution in [0.2, 0.25) is 0 Å². The number of nitrogens with one attached hydrogen (secondary N) is 2. The van der Waals surface area contributed by atoms with Crippen molar-refractivity contribution in [2.75, 3.05) is 23.2 Å². The molecule has 2 amide bonds. The molecule has 4 aromatic rings. The van der Waals surface area contributed by atoms with Gasteiger partial charge in [0.05, 0.1) is 11.4 Å². The number of phenolic OH excluding ortho intramolecular Hbond substituents is 1. The quantitative estimate of drug-likeness (QED) is 0.172. The van der Waals surface area contributed by atoms with Crippen LogP contribution in [0, 0.1) is 5.92 Å². The number of amides is 2. The lowest BCUT2D eigenvalue weighted by atomic mass is 9.92. The summed E-state index contributed by atoms with van der Waals surface area (Å²) in [4.78, 5) is 25.7. The molecule has 1 aliphatic rings. The van der Waals surface area contributed by atoms with Gasteiger partial charge in [0.2, 0.25) is 12.7 Å². The fraction of sp³-hybridized carbons (Fsp3) is 0.133. The zero-order valence-electron chi connectivity index (χ0n) is 21.1. The maximum absolute atomic E-state index is 13.0. The minimum absolute atomic E-state index is 0.112. The zero-order chi connectivity index (χ0) is 27.4. The minimum Gasteiger partial charge on any atom is -0.507 e. The van der Waals surface area contributed by atoms with Gasteiger partial charge in [-0.15, -0.1) is 0 Å². The molecule has 5 N–H and O–H groups in total. The summed E-state index contributed by atoms with van der Waals surface area (Å²) in [5.74, 6) is 0.422. The number of phenols is 1. The number of aromatic hydroxyl groups is 1. The summed E-state index contributed by atoms with van der Waals surface area (Å²) in [5.41, 5.74) is 8.02. The molecule has 1 heterocycles. The standard InChI is InChI=1S/C30H27N3O6/c1-18(10-15-28(35)33-24-9-5-4-8-23(24)31)29(22-12-13-25(34)21-7-3-2-6-20(21)22)39-30(36)32-19-11-14-26-27(16-19)38-17-37-26/h2-16,18,29,34H,17,31H2,1H3,(H,32,36)(H,33,35)/b15-10+/t18-,29+/m0/s1. The molecule has 9 nitrogen and oxygen atoms in total. The summed E-state index contributed by atoms with van der Waals surface area (Å²) in [7, 11) is 0. The molecule has 0 aromatic heterocycles. The highest BCUT2D eigenvalue weighted by molar-refractivity contribution is 6.01. The van der Waals surface area contributed by atoms with Crippen LogP contribution in [-0.4, -0.2) is 23.9 Å². The predicted molar refractivity (Wildman–Crippen MR) is 149 cm³/mol. The number of nitrogen functional groups attached to an aromatic ring is 1. The van der Waals surface area contributed by atoms with Gasteiger partial charge >= 0.3 is 6.09 Å². The van der Waals surface area contributed by atoms with Gasteiger partial charge in [-0.3, -0.25) is 10.1 Å². The Morgan fingerprint density at radius 3 is 2.51 bits per heavy atom. The molecule has 39 heavy (non-hydrogen) atoms. The molecule has 0 fully saturated rings. The molecule has 9 heteroatoms. The van der Waals surface area contributed by atoms with E-state index < -0.39 is 18.1 Å². The van der Waals surface area contributed by atoms with E-state index in [2.05, 4.69) is 10.6 Å². The smallest absolute Gasteiger partial charge is 0.412 e. The number of carbonyl (C=O) groups is 2. The number of rotatable bonds is 7. The Kier molecular flexibility index (Phi) is 7.22. The summed E-state index contributed by atoms with van der Waals surface area (Å²) in [6.45, 7) is 1.95. The van der Waals surface area contributed by atoms with Crippen molar-refractivity contribution in [3.05, 3.63) is 96.6 Å². The zero-order valence-corrected chi connectivity index (χ0v) is 21.1. The second kappa shape index (κ2) is 11.1. The number of carbonyl (C=O) groups excluding carboxylic acids is 2. The van der Waals surface area contributed by atoms with Gasteiger partial charge in [-0.2, -0.15) is 0 Å². The number of benzene rings is 4. The van der Waals surface area contributed by atoms with Crippen molar-refractivity contribution in [1.29, 1.82) is 0 Å². The van der Waals surface area contributed by atoms with Gasteiger partial charge in [0.25, 0.3) is 0 Å².